The van der Waals surface area contributed by atoms with Crippen LogP contribution in [-0.4, -0.2) is 23.7 Å². The van der Waals surface area contributed by atoms with Gasteiger partial charge in [-0.3, -0.25) is 9.59 Å². The molecule has 2 amide bonds. The molecule has 1 unspecified atom stereocenters. The first kappa shape index (κ1) is 18.2. The second-order valence-electron chi connectivity index (χ2n) is 5.60. The zero-order valence-corrected chi connectivity index (χ0v) is 14.4. The molecule has 1 atom stereocenters. The van der Waals surface area contributed by atoms with Crippen LogP contribution in [-0.2, 0) is 16.1 Å². The number of hydrogen-bond acceptors (Lipinski definition) is 4. The molecule has 0 bridgehead atoms. The summed E-state index contributed by atoms with van der Waals surface area (Å²) < 4.78 is 28.5. The van der Waals surface area contributed by atoms with E-state index in [0.717, 1.165) is 16.1 Å². The van der Waals surface area contributed by atoms with Crippen molar-refractivity contribution in [2.45, 2.75) is 29.7 Å². The standard InChI is InChI=1S/C18H16F2N2O3S/c19-18(20)25-12-7-5-11(6-8-12)10-21-16(23)9-15-17(24)22-13-3-1-2-4-14(13)26-15/h1-8,15,18H,9-10H2,(H,21,23)(H,22,24). The largest absolute Gasteiger partial charge is 0.435 e. The Bertz CT molecular complexity index is 799. The highest BCUT2D eigenvalue weighted by molar-refractivity contribution is 8.01. The fraction of sp³-hybridized carbons (Fsp3) is 0.222. The summed E-state index contributed by atoms with van der Waals surface area (Å²) in [5.41, 5.74) is 1.50. The van der Waals surface area contributed by atoms with Crippen LogP contribution in [0.1, 0.15) is 12.0 Å². The van der Waals surface area contributed by atoms with E-state index in [0.29, 0.717) is 0 Å². The van der Waals surface area contributed by atoms with Crippen molar-refractivity contribution >= 4 is 29.3 Å². The van der Waals surface area contributed by atoms with Gasteiger partial charge in [0.15, 0.2) is 0 Å². The molecule has 5 nitrogen and oxygen atoms in total. The quantitative estimate of drug-likeness (QED) is 0.808. The number of alkyl halides is 2. The Kier molecular flexibility index (Phi) is 5.72. The molecule has 2 N–H and O–H groups in total. The molecule has 0 fully saturated rings. The van der Waals surface area contributed by atoms with E-state index in [1.54, 1.807) is 12.1 Å². The molecule has 1 aliphatic heterocycles. The highest BCUT2D eigenvalue weighted by atomic mass is 32.2. The van der Waals surface area contributed by atoms with Crippen LogP contribution < -0.4 is 15.4 Å². The number of hydrogen-bond donors (Lipinski definition) is 2. The summed E-state index contributed by atoms with van der Waals surface area (Å²) in [6.45, 7) is -2.63. The van der Waals surface area contributed by atoms with Crippen LogP contribution in [0.2, 0.25) is 0 Å². The number of halogens is 2. The van der Waals surface area contributed by atoms with E-state index in [-0.39, 0.29) is 30.5 Å². The average molecular weight is 378 g/mol. The van der Waals surface area contributed by atoms with Crippen LogP contribution in [0.5, 0.6) is 5.75 Å². The number of fused-ring (bicyclic) bond motifs is 1. The number of carbonyl (C=O) groups excluding carboxylic acids is 2. The van der Waals surface area contributed by atoms with Gasteiger partial charge >= 0.3 is 6.61 Å². The normalized spacial score (nSPS) is 16.0. The Balaban J connectivity index is 1.51. The highest BCUT2D eigenvalue weighted by Crippen LogP contribution is 2.36. The number of anilines is 1. The molecular formula is C18H16F2N2O3S. The summed E-state index contributed by atoms with van der Waals surface area (Å²) in [4.78, 5) is 25.2. The summed E-state index contributed by atoms with van der Waals surface area (Å²) in [6.07, 6.45) is 0.0530. The van der Waals surface area contributed by atoms with Crippen LogP contribution in [0.3, 0.4) is 0 Å². The fourth-order valence-corrected chi connectivity index (χ4v) is 3.57. The number of thioether (sulfide) groups is 1. The van der Waals surface area contributed by atoms with E-state index < -0.39 is 11.9 Å². The van der Waals surface area contributed by atoms with E-state index in [4.69, 9.17) is 0 Å². The number of nitrogens with one attached hydrogen (secondary N) is 2. The van der Waals surface area contributed by atoms with E-state index in [2.05, 4.69) is 15.4 Å². The molecule has 1 heterocycles. The summed E-state index contributed by atoms with van der Waals surface area (Å²) in [5, 5.41) is 5.03. The Labute approximate surface area is 153 Å². The van der Waals surface area contributed by atoms with Crippen LogP contribution >= 0.6 is 11.8 Å². The molecule has 2 aromatic rings. The first-order chi connectivity index (χ1) is 12.5. The molecule has 0 spiro atoms. The SMILES string of the molecule is O=C(CC1Sc2ccccc2NC1=O)NCc1ccc(OC(F)F)cc1. The van der Waals surface area contributed by atoms with Gasteiger partial charge in [-0.25, -0.2) is 0 Å². The lowest BCUT2D eigenvalue weighted by atomic mass is 10.2. The van der Waals surface area contributed by atoms with Crippen molar-refractivity contribution in [2.75, 3.05) is 5.32 Å². The Morgan fingerprint density at radius 1 is 1.19 bits per heavy atom. The zero-order chi connectivity index (χ0) is 18.5. The molecule has 0 radical (unpaired) electrons. The smallest absolute Gasteiger partial charge is 0.387 e. The highest BCUT2D eigenvalue weighted by Gasteiger charge is 2.28. The van der Waals surface area contributed by atoms with Crippen LogP contribution in [0.4, 0.5) is 14.5 Å². The lowest BCUT2D eigenvalue weighted by molar-refractivity contribution is -0.124. The van der Waals surface area contributed by atoms with E-state index in [1.807, 2.05) is 24.3 Å². The molecule has 8 heteroatoms. The van der Waals surface area contributed by atoms with Crippen LogP contribution in [0.15, 0.2) is 53.4 Å². The van der Waals surface area contributed by atoms with Gasteiger partial charge in [0.1, 0.15) is 5.75 Å². The first-order valence-corrected chi connectivity index (χ1v) is 8.76. The van der Waals surface area contributed by atoms with Gasteiger partial charge in [0.25, 0.3) is 0 Å². The summed E-state index contributed by atoms with van der Waals surface area (Å²) in [7, 11) is 0. The Morgan fingerprint density at radius 2 is 1.92 bits per heavy atom. The number of ether oxygens (including phenoxy) is 1. The van der Waals surface area contributed by atoms with Crippen molar-refractivity contribution in [2.24, 2.45) is 0 Å². The van der Waals surface area contributed by atoms with Crippen molar-refractivity contribution in [1.82, 2.24) is 5.32 Å². The first-order valence-electron chi connectivity index (χ1n) is 7.88. The minimum absolute atomic E-state index is 0.0530. The summed E-state index contributed by atoms with van der Waals surface area (Å²) >= 11 is 1.36. The van der Waals surface area contributed by atoms with Gasteiger partial charge in [-0.05, 0) is 29.8 Å². The van der Waals surface area contributed by atoms with Crippen LogP contribution in [0, 0.1) is 0 Å². The predicted molar refractivity (Wildman–Crippen MR) is 94.3 cm³/mol. The molecule has 3 rings (SSSR count). The average Bonchev–Trinajstić information content (AvgIpc) is 2.61. The lowest BCUT2D eigenvalue weighted by Gasteiger charge is -2.23. The minimum Gasteiger partial charge on any atom is -0.435 e. The maximum absolute atomic E-state index is 12.1. The summed E-state index contributed by atoms with van der Waals surface area (Å²) in [5.74, 6) is -0.397. The van der Waals surface area contributed by atoms with Gasteiger partial charge in [-0.1, -0.05) is 24.3 Å². The van der Waals surface area contributed by atoms with Gasteiger partial charge in [0.05, 0.1) is 10.9 Å². The molecule has 2 aromatic carbocycles. The molecular weight excluding hydrogens is 362 g/mol. The molecule has 0 saturated heterocycles. The van der Waals surface area contributed by atoms with Crippen molar-refractivity contribution in [1.29, 1.82) is 0 Å². The molecule has 136 valence electrons. The monoisotopic (exact) mass is 378 g/mol. The van der Waals surface area contributed by atoms with Crippen LogP contribution in [0.25, 0.3) is 0 Å². The molecule has 0 aromatic heterocycles. The van der Waals surface area contributed by atoms with E-state index in [9.17, 15) is 18.4 Å². The third-order valence-electron chi connectivity index (χ3n) is 3.72. The second kappa shape index (κ2) is 8.18. The third-order valence-corrected chi connectivity index (χ3v) is 4.99. The zero-order valence-electron chi connectivity index (χ0n) is 13.6. The van der Waals surface area contributed by atoms with Crippen molar-refractivity contribution in [3.05, 3.63) is 54.1 Å². The summed E-state index contributed by atoms with van der Waals surface area (Å²) in [6, 6.07) is 13.4. The molecule has 0 saturated carbocycles. The fourth-order valence-electron chi connectivity index (χ4n) is 2.46. The van der Waals surface area contributed by atoms with Gasteiger partial charge in [-0.15, -0.1) is 11.8 Å². The Morgan fingerprint density at radius 3 is 2.65 bits per heavy atom. The van der Waals surface area contributed by atoms with Gasteiger partial charge in [0, 0.05) is 17.9 Å². The van der Waals surface area contributed by atoms with Gasteiger partial charge in [0.2, 0.25) is 11.8 Å². The van der Waals surface area contributed by atoms with Gasteiger partial charge < -0.3 is 15.4 Å². The van der Waals surface area contributed by atoms with Gasteiger partial charge in [-0.2, -0.15) is 8.78 Å². The molecule has 1 aliphatic rings. The number of amides is 2. The van der Waals surface area contributed by atoms with Crippen molar-refractivity contribution in [3.8, 4) is 5.75 Å². The Hall–Kier alpha value is -2.61. The van der Waals surface area contributed by atoms with E-state index in [1.165, 1.54) is 23.9 Å². The number of rotatable bonds is 6. The minimum atomic E-state index is -2.87. The van der Waals surface area contributed by atoms with Crippen molar-refractivity contribution < 1.29 is 23.1 Å². The van der Waals surface area contributed by atoms with E-state index >= 15 is 0 Å². The number of para-hydroxylation sites is 1. The number of benzene rings is 2. The topological polar surface area (TPSA) is 67.4 Å². The maximum Gasteiger partial charge on any atom is 0.387 e. The third kappa shape index (κ3) is 4.72. The van der Waals surface area contributed by atoms with Crippen molar-refractivity contribution in [3.63, 3.8) is 0 Å². The predicted octanol–water partition coefficient (Wildman–Crippen LogP) is 3.41. The molecule has 26 heavy (non-hydrogen) atoms. The second-order valence-corrected chi connectivity index (χ2v) is 6.84. The molecule has 0 aliphatic carbocycles. The number of carbonyl (C=O) groups is 2. The lowest BCUT2D eigenvalue weighted by Crippen LogP contribution is -2.34. The maximum atomic E-state index is 12.1.